The number of rotatable bonds is 6. The van der Waals surface area contributed by atoms with Gasteiger partial charge in [-0.2, -0.15) is 5.10 Å². The van der Waals surface area contributed by atoms with Crippen molar-refractivity contribution in [1.82, 2.24) is 10.4 Å². The van der Waals surface area contributed by atoms with E-state index in [0.717, 1.165) is 6.07 Å². The van der Waals surface area contributed by atoms with Gasteiger partial charge in [-0.15, -0.1) is 0 Å². The molecule has 0 atom stereocenters. The van der Waals surface area contributed by atoms with E-state index in [1.54, 1.807) is 25.3 Å². The zero-order chi connectivity index (χ0) is 19.1. The number of nitro groups is 1. The van der Waals surface area contributed by atoms with Gasteiger partial charge in [-0.25, -0.2) is 5.43 Å². The monoisotopic (exact) mass is 375 g/mol. The fraction of sp³-hybridized carbons (Fsp3) is 0.125. The van der Waals surface area contributed by atoms with Crippen molar-refractivity contribution in [2.45, 2.75) is 13.3 Å². The molecule has 0 saturated heterocycles. The maximum atomic E-state index is 12.0. The number of aromatic nitrogens is 1. The molecule has 2 rings (SSSR count). The highest BCUT2D eigenvalue weighted by atomic mass is 35.5. The van der Waals surface area contributed by atoms with E-state index in [1.165, 1.54) is 18.3 Å². The average molecular weight is 376 g/mol. The topological polar surface area (TPSA) is 127 Å². The predicted octanol–water partition coefficient (Wildman–Crippen LogP) is 2.78. The van der Waals surface area contributed by atoms with Crippen molar-refractivity contribution in [3.63, 3.8) is 0 Å². The molecule has 0 unspecified atom stereocenters. The van der Waals surface area contributed by atoms with Gasteiger partial charge in [0, 0.05) is 24.0 Å². The van der Waals surface area contributed by atoms with Crippen LogP contribution in [0.3, 0.4) is 0 Å². The van der Waals surface area contributed by atoms with Crippen molar-refractivity contribution in [1.29, 1.82) is 0 Å². The normalized spacial score (nSPS) is 10.9. The summed E-state index contributed by atoms with van der Waals surface area (Å²) in [6, 6.07) is 6.85. The van der Waals surface area contributed by atoms with Crippen molar-refractivity contribution in [2.75, 3.05) is 5.32 Å². The molecule has 0 aliphatic heterocycles. The molecule has 0 fully saturated rings. The summed E-state index contributed by atoms with van der Waals surface area (Å²) >= 11 is 5.87. The van der Waals surface area contributed by atoms with E-state index in [-0.39, 0.29) is 28.6 Å². The molecular weight excluding hydrogens is 362 g/mol. The summed E-state index contributed by atoms with van der Waals surface area (Å²) in [7, 11) is 0. The van der Waals surface area contributed by atoms with Gasteiger partial charge in [-0.1, -0.05) is 11.6 Å². The number of carbonyl (C=O) groups is 2. The minimum Gasteiger partial charge on any atom is -0.324 e. The Morgan fingerprint density at radius 1 is 1.35 bits per heavy atom. The number of nitro benzene ring substituents is 1. The van der Waals surface area contributed by atoms with Gasteiger partial charge in [0.15, 0.2) is 0 Å². The second kappa shape index (κ2) is 8.67. The number of nitrogens with zero attached hydrogens (tertiary/aromatic N) is 3. The van der Waals surface area contributed by atoms with E-state index in [1.807, 2.05) is 0 Å². The van der Waals surface area contributed by atoms with Gasteiger partial charge in [-0.3, -0.25) is 24.7 Å². The number of amides is 2. The summed E-state index contributed by atoms with van der Waals surface area (Å²) in [6.07, 6.45) is 3.05. The first-order chi connectivity index (χ1) is 12.4. The second-order valence-corrected chi connectivity index (χ2v) is 5.58. The lowest BCUT2D eigenvalue weighted by molar-refractivity contribution is -0.384. The van der Waals surface area contributed by atoms with E-state index in [2.05, 4.69) is 20.8 Å². The van der Waals surface area contributed by atoms with Gasteiger partial charge in [0.05, 0.1) is 33.8 Å². The molecule has 2 N–H and O–H groups in total. The van der Waals surface area contributed by atoms with Crippen LogP contribution < -0.4 is 10.7 Å². The third kappa shape index (κ3) is 5.35. The second-order valence-electron chi connectivity index (χ2n) is 5.18. The Labute approximate surface area is 153 Å². The third-order valence-corrected chi connectivity index (χ3v) is 3.43. The molecule has 134 valence electrons. The molecule has 0 bridgehead atoms. The molecule has 2 amide bonds. The van der Waals surface area contributed by atoms with Crippen LogP contribution in [0.15, 0.2) is 47.8 Å². The van der Waals surface area contributed by atoms with Gasteiger partial charge >= 0.3 is 0 Å². The zero-order valence-electron chi connectivity index (χ0n) is 13.6. The number of hydrazone groups is 1. The van der Waals surface area contributed by atoms with E-state index in [0.29, 0.717) is 11.4 Å². The van der Waals surface area contributed by atoms with E-state index >= 15 is 0 Å². The number of hydrogen-bond donors (Lipinski definition) is 2. The van der Waals surface area contributed by atoms with Crippen LogP contribution in [0.2, 0.25) is 5.02 Å². The first-order valence-corrected chi connectivity index (χ1v) is 7.72. The molecule has 0 spiro atoms. The van der Waals surface area contributed by atoms with Gasteiger partial charge < -0.3 is 5.32 Å². The quantitative estimate of drug-likeness (QED) is 0.456. The van der Waals surface area contributed by atoms with Gasteiger partial charge in [0.25, 0.3) is 11.6 Å². The standard InChI is InChI=1S/C16H14ClN5O4/c1-10(7-15(23)19-11-3-2-6-18-9-11)20-21-16(24)13-5-4-12(22(25)26)8-14(13)17/h2-6,8-9H,7H2,1H3,(H,19,23)(H,21,24)/b20-10-. The van der Waals surface area contributed by atoms with E-state index in [4.69, 9.17) is 11.6 Å². The average Bonchev–Trinajstić information content (AvgIpc) is 2.60. The summed E-state index contributed by atoms with van der Waals surface area (Å²) in [5.74, 6) is -0.959. The number of carbonyl (C=O) groups excluding carboxylic acids is 2. The molecule has 26 heavy (non-hydrogen) atoms. The summed E-state index contributed by atoms with van der Waals surface area (Å²) in [5.41, 5.74) is 2.98. The number of non-ortho nitro benzene ring substituents is 1. The minimum absolute atomic E-state index is 0.0358. The van der Waals surface area contributed by atoms with Crippen molar-refractivity contribution >= 4 is 40.5 Å². The Bertz CT molecular complexity index is 870. The Morgan fingerprint density at radius 3 is 2.73 bits per heavy atom. The maximum Gasteiger partial charge on any atom is 0.272 e. The molecule has 10 heteroatoms. The van der Waals surface area contributed by atoms with Crippen LogP contribution in [-0.2, 0) is 4.79 Å². The van der Waals surface area contributed by atoms with Gasteiger partial charge in [0.1, 0.15) is 0 Å². The summed E-state index contributed by atoms with van der Waals surface area (Å²) in [5, 5.41) is 17.1. The lowest BCUT2D eigenvalue weighted by Gasteiger charge is -2.06. The smallest absolute Gasteiger partial charge is 0.272 e. The molecule has 0 aliphatic carbocycles. The Kier molecular flexibility index (Phi) is 6.34. The van der Waals surface area contributed by atoms with Crippen LogP contribution in [0, 0.1) is 10.1 Å². The molecule has 1 aromatic carbocycles. The first kappa shape index (κ1) is 19.0. The zero-order valence-corrected chi connectivity index (χ0v) is 14.4. The van der Waals surface area contributed by atoms with Crippen LogP contribution >= 0.6 is 11.6 Å². The number of nitrogens with one attached hydrogen (secondary N) is 2. The largest absolute Gasteiger partial charge is 0.324 e. The molecule has 9 nitrogen and oxygen atoms in total. The molecule has 1 aromatic heterocycles. The van der Waals surface area contributed by atoms with Crippen molar-refractivity contribution in [3.8, 4) is 0 Å². The van der Waals surface area contributed by atoms with E-state index in [9.17, 15) is 19.7 Å². The molecule has 0 radical (unpaired) electrons. The highest BCUT2D eigenvalue weighted by Gasteiger charge is 2.15. The lowest BCUT2D eigenvalue weighted by Crippen LogP contribution is -2.21. The summed E-state index contributed by atoms with van der Waals surface area (Å²) in [6.45, 7) is 1.57. The Morgan fingerprint density at radius 2 is 2.12 bits per heavy atom. The van der Waals surface area contributed by atoms with Crippen LogP contribution in [0.5, 0.6) is 0 Å². The van der Waals surface area contributed by atoms with Gasteiger partial charge in [0.2, 0.25) is 5.91 Å². The predicted molar refractivity (Wildman–Crippen MR) is 96.2 cm³/mol. The van der Waals surface area contributed by atoms with Gasteiger partial charge in [-0.05, 0) is 25.1 Å². The van der Waals surface area contributed by atoms with Crippen LogP contribution in [0.1, 0.15) is 23.7 Å². The Hall–Kier alpha value is -3.33. The van der Waals surface area contributed by atoms with Crippen molar-refractivity contribution in [2.24, 2.45) is 5.10 Å². The Balaban J connectivity index is 1.94. The number of anilines is 1. The van der Waals surface area contributed by atoms with E-state index < -0.39 is 10.8 Å². The fourth-order valence-electron chi connectivity index (χ4n) is 1.92. The third-order valence-electron chi connectivity index (χ3n) is 3.12. The highest BCUT2D eigenvalue weighted by Crippen LogP contribution is 2.22. The summed E-state index contributed by atoms with van der Waals surface area (Å²) in [4.78, 5) is 37.9. The SMILES string of the molecule is C/C(CC(=O)Nc1cccnc1)=N/NC(=O)c1ccc([N+](=O)[O-])cc1Cl. The molecule has 0 saturated carbocycles. The number of benzene rings is 1. The summed E-state index contributed by atoms with van der Waals surface area (Å²) < 4.78 is 0. The maximum absolute atomic E-state index is 12.0. The fourth-order valence-corrected chi connectivity index (χ4v) is 2.18. The molecule has 1 heterocycles. The number of halogens is 1. The number of pyridine rings is 1. The lowest BCUT2D eigenvalue weighted by atomic mass is 10.2. The minimum atomic E-state index is -0.642. The highest BCUT2D eigenvalue weighted by molar-refractivity contribution is 6.34. The van der Waals surface area contributed by atoms with Crippen LogP contribution in [0.25, 0.3) is 0 Å². The molecule has 2 aromatic rings. The molecule has 0 aliphatic rings. The van der Waals surface area contributed by atoms with Crippen molar-refractivity contribution < 1.29 is 14.5 Å². The molecular formula is C16H14ClN5O4. The van der Waals surface area contributed by atoms with Crippen molar-refractivity contribution in [3.05, 3.63) is 63.4 Å². The first-order valence-electron chi connectivity index (χ1n) is 7.34. The van der Waals surface area contributed by atoms with Crippen LogP contribution in [0.4, 0.5) is 11.4 Å². The van der Waals surface area contributed by atoms with Crippen LogP contribution in [-0.4, -0.2) is 27.4 Å². The number of hydrogen-bond acceptors (Lipinski definition) is 6.